The highest BCUT2D eigenvalue weighted by Crippen LogP contribution is 2.61. The van der Waals surface area contributed by atoms with Crippen molar-refractivity contribution in [2.75, 3.05) is 6.61 Å². The molecule has 2 heterocycles. The second-order valence-corrected chi connectivity index (χ2v) is 11.5. The Morgan fingerprint density at radius 2 is 1.78 bits per heavy atom. The summed E-state index contributed by atoms with van der Waals surface area (Å²) >= 11 is 0. The van der Waals surface area contributed by atoms with Crippen LogP contribution in [0.3, 0.4) is 0 Å². The SMILES string of the molecule is CC1(C)CCCC2(C)c3c(c(O)c(CO)c4c3C(OC3OC(CO)C(O)C(O)C3O)OC4=O)CCC12. The van der Waals surface area contributed by atoms with Gasteiger partial charge in [0.15, 0.2) is 6.29 Å². The van der Waals surface area contributed by atoms with Crippen molar-refractivity contribution in [3.05, 3.63) is 27.8 Å². The molecule has 1 saturated heterocycles. The molecule has 2 fully saturated rings. The Labute approximate surface area is 209 Å². The molecule has 1 saturated carbocycles. The van der Waals surface area contributed by atoms with Gasteiger partial charge in [-0.15, -0.1) is 0 Å². The molecule has 36 heavy (non-hydrogen) atoms. The van der Waals surface area contributed by atoms with Crippen molar-refractivity contribution in [2.45, 2.75) is 102 Å². The van der Waals surface area contributed by atoms with Gasteiger partial charge in [0.2, 0.25) is 6.29 Å². The van der Waals surface area contributed by atoms with Crippen LogP contribution in [-0.2, 0) is 32.7 Å². The van der Waals surface area contributed by atoms with Crippen LogP contribution >= 0.6 is 0 Å². The lowest BCUT2D eigenvalue weighted by Gasteiger charge is -2.55. The lowest BCUT2D eigenvalue weighted by molar-refractivity contribution is -0.331. The minimum absolute atomic E-state index is 0.0277. The van der Waals surface area contributed by atoms with E-state index in [1.54, 1.807) is 0 Å². The first-order valence-corrected chi connectivity index (χ1v) is 12.6. The summed E-state index contributed by atoms with van der Waals surface area (Å²) in [5, 5.41) is 61.7. The van der Waals surface area contributed by atoms with E-state index in [1.165, 1.54) is 0 Å². The van der Waals surface area contributed by atoms with E-state index in [-0.39, 0.29) is 28.2 Å². The number of esters is 1. The lowest BCUT2D eigenvalue weighted by atomic mass is 9.49. The number of aromatic hydroxyl groups is 1. The molecule has 6 N–H and O–H groups in total. The zero-order valence-corrected chi connectivity index (χ0v) is 20.8. The Bertz CT molecular complexity index is 1050. The first-order valence-electron chi connectivity index (χ1n) is 12.6. The predicted molar refractivity (Wildman–Crippen MR) is 124 cm³/mol. The Hall–Kier alpha value is -1.79. The van der Waals surface area contributed by atoms with Crippen molar-refractivity contribution < 1.29 is 49.6 Å². The maximum atomic E-state index is 13.1. The predicted octanol–water partition coefficient (Wildman–Crippen LogP) is 0.900. The third-order valence-electron chi connectivity index (χ3n) is 9.12. The zero-order chi connectivity index (χ0) is 26.2. The molecule has 1 aromatic carbocycles. The largest absolute Gasteiger partial charge is 0.507 e. The number of cyclic esters (lactones) is 1. The number of carbonyl (C=O) groups is 1. The van der Waals surface area contributed by atoms with Crippen molar-refractivity contribution in [2.24, 2.45) is 11.3 Å². The van der Waals surface area contributed by atoms with E-state index in [4.69, 9.17) is 14.2 Å². The Morgan fingerprint density at radius 3 is 2.44 bits per heavy atom. The van der Waals surface area contributed by atoms with E-state index >= 15 is 0 Å². The summed E-state index contributed by atoms with van der Waals surface area (Å²) in [6, 6.07) is 0. The first-order chi connectivity index (χ1) is 17.0. The van der Waals surface area contributed by atoms with Crippen LogP contribution in [0, 0.1) is 11.3 Å². The highest BCUT2D eigenvalue weighted by molar-refractivity contribution is 5.97. The molecule has 10 nitrogen and oxygen atoms in total. The quantitative estimate of drug-likeness (QED) is 0.322. The van der Waals surface area contributed by atoms with Crippen LogP contribution in [0.5, 0.6) is 5.75 Å². The van der Waals surface area contributed by atoms with Crippen molar-refractivity contribution in [3.63, 3.8) is 0 Å². The van der Waals surface area contributed by atoms with Gasteiger partial charge in [0.05, 0.1) is 18.8 Å². The summed E-state index contributed by atoms with van der Waals surface area (Å²) in [7, 11) is 0. The van der Waals surface area contributed by atoms with Gasteiger partial charge >= 0.3 is 5.97 Å². The third-order valence-corrected chi connectivity index (χ3v) is 9.12. The average molecular weight is 509 g/mol. The van der Waals surface area contributed by atoms with Gasteiger partial charge in [0, 0.05) is 11.1 Å². The van der Waals surface area contributed by atoms with Gasteiger partial charge in [-0.05, 0) is 53.6 Å². The van der Waals surface area contributed by atoms with E-state index in [1.807, 2.05) is 0 Å². The smallest absolute Gasteiger partial charge is 0.341 e. The standard InChI is InChI=1S/C26H36O10/c1-25(2)7-4-8-26(3)14(25)6-5-11-17(26)16-15(12(9-27)18(11)29)22(33)35-23(16)36-24-21(32)20(31)19(30)13(10-28)34-24/h13-14,19-21,23-24,27-32H,4-10H2,1-3H3. The molecule has 8 atom stereocenters. The lowest BCUT2D eigenvalue weighted by Crippen LogP contribution is -2.59. The molecule has 5 rings (SSSR count). The Kier molecular flexibility index (Phi) is 6.39. The molecule has 2 aliphatic carbocycles. The van der Waals surface area contributed by atoms with E-state index in [0.29, 0.717) is 17.5 Å². The summed E-state index contributed by atoms with van der Waals surface area (Å²) in [5.41, 5.74) is 1.58. The Balaban J connectivity index is 1.64. The van der Waals surface area contributed by atoms with Gasteiger partial charge in [0.25, 0.3) is 0 Å². The number of hydrogen-bond acceptors (Lipinski definition) is 10. The van der Waals surface area contributed by atoms with Gasteiger partial charge in [-0.25, -0.2) is 4.79 Å². The number of aliphatic hydroxyl groups is 5. The molecule has 10 heteroatoms. The molecular weight excluding hydrogens is 472 g/mol. The number of fused-ring (bicyclic) bond motifs is 5. The molecule has 0 amide bonds. The molecule has 8 unspecified atom stereocenters. The van der Waals surface area contributed by atoms with Crippen LogP contribution in [0.1, 0.15) is 85.4 Å². The fourth-order valence-electron chi connectivity index (χ4n) is 7.42. The van der Waals surface area contributed by atoms with Gasteiger partial charge in [-0.2, -0.15) is 0 Å². The van der Waals surface area contributed by atoms with Gasteiger partial charge in [0.1, 0.15) is 30.2 Å². The number of hydrogen-bond donors (Lipinski definition) is 6. The van der Waals surface area contributed by atoms with Gasteiger partial charge in [-0.3, -0.25) is 0 Å². The van der Waals surface area contributed by atoms with Crippen LogP contribution in [0.25, 0.3) is 0 Å². The second-order valence-electron chi connectivity index (χ2n) is 11.5. The van der Waals surface area contributed by atoms with Crippen molar-refractivity contribution in [1.29, 1.82) is 0 Å². The number of rotatable bonds is 4. The summed E-state index contributed by atoms with van der Waals surface area (Å²) in [6.07, 6.45) is -4.66. The van der Waals surface area contributed by atoms with E-state index in [9.17, 15) is 35.4 Å². The minimum Gasteiger partial charge on any atom is -0.507 e. The molecule has 200 valence electrons. The number of benzene rings is 1. The zero-order valence-electron chi connectivity index (χ0n) is 20.8. The maximum absolute atomic E-state index is 13.1. The van der Waals surface area contributed by atoms with Crippen molar-refractivity contribution in [3.8, 4) is 5.75 Å². The minimum atomic E-state index is -1.67. The highest BCUT2D eigenvalue weighted by atomic mass is 16.8. The molecule has 0 aromatic heterocycles. The monoisotopic (exact) mass is 508 g/mol. The van der Waals surface area contributed by atoms with Crippen molar-refractivity contribution in [1.82, 2.24) is 0 Å². The normalized spacial score (nSPS) is 39.2. The average Bonchev–Trinajstić information content (AvgIpc) is 3.14. The Morgan fingerprint density at radius 1 is 1.06 bits per heavy atom. The van der Waals surface area contributed by atoms with Crippen LogP contribution in [0.4, 0.5) is 0 Å². The van der Waals surface area contributed by atoms with Crippen LogP contribution in [0.2, 0.25) is 0 Å². The fourth-order valence-corrected chi connectivity index (χ4v) is 7.42. The molecular formula is C26H36O10. The summed E-state index contributed by atoms with van der Waals surface area (Å²) in [5.74, 6) is -0.611. The van der Waals surface area contributed by atoms with Crippen LogP contribution in [0.15, 0.2) is 0 Å². The molecule has 0 radical (unpaired) electrons. The molecule has 4 aliphatic rings. The number of aliphatic hydroxyl groups excluding tert-OH is 5. The molecule has 2 aliphatic heterocycles. The molecule has 0 bridgehead atoms. The van der Waals surface area contributed by atoms with Crippen LogP contribution in [-0.4, -0.2) is 73.9 Å². The molecule has 0 spiro atoms. The maximum Gasteiger partial charge on any atom is 0.341 e. The summed E-state index contributed by atoms with van der Waals surface area (Å²) < 4.78 is 17.0. The first kappa shape index (κ1) is 25.8. The second kappa shape index (κ2) is 8.90. The topological polar surface area (TPSA) is 166 Å². The van der Waals surface area contributed by atoms with E-state index in [0.717, 1.165) is 31.2 Å². The summed E-state index contributed by atoms with van der Waals surface area (Å²) in [4.78, 5) is 13.1. The highest BCUT2D eigenvalue weighted by Gasteiger charge is 2.55. The van der Waals surface area contributed by atoms with Crippen molar-refractivity contribution >= 4 is 5.97 Å². The summed E-state index contributed by atoms with van der Waals surface area (Å²) in [6.45, 7) is 5.42. The van der Waals surface area contributed by atoms with Gasteiger partial charge < -0.3 is 44.8 Å². The van der Waals surface area contributed by atoms with Gasteiger partial charge in [-0.1, -0.05) is 27.2 Å². The fraction of sp³-hybridized carbons (Fsp3) is 0.731. The van der Waals surface area contributed by atoms with E-state index in [2.05, 4.69) is 20.8 Å². The number of phenols is 1. The number of carbonyl (C=O) groups excluding carboxylic acids is 1. The van der Waals surface area contributed by atoms with E-state index < -0.39 is 61.6 Å². The third kappa shape index (κ3) is 3.61. The van der Waals surface area contributed by atoms with Crippen LogP contribution < -0.4 is 0 Å². The number of ether oxygens (including phenoxy) is 3. The molecule has 1 aromatic rings.